The van der Waals surface area contributed by atoms with Crippen LogP contribution in [0.25, 0.3) is 66.1 Å². The maximum absolute atomic E-state index is 2.57. The highest BCUT2D eigenvalue weighted by Crippen LogP contribution is 2.47. The fourth-order valence-corrected chi connectivity index (χ4v) is 8.90. The molecule has 0 saturated carbocycles. The molecule has 2 nitrogen and oxygen atoms in total. The van der Waals surface area contributed by atoms with Gasteiger partial charge in [0.2, 0.25) is 0 Å². The van der Waals surface area contributed by atoms with E-state index in [2.05, 4.69) is 221 Å². The van der Waals surface area contributed by atoms with Gasteiger partial charge in [0.15, 0.2) is 0 Å². The molecule has 0 aliphatic carbocycles. The van der Waals surface area contributed by atoms with E-state index in [1.54, 1.807) is 0 Å². The van der Waals surface area contributed by atoms with Crippen LogP contribution in [0.4, 0.5) is 0 Å². The van der Waals surface area contributed by atoms with Gasteiger partial charge in [-0.3, -0.25) is 0 Å². The Hall–Kier alpha value is -5.08. The number of rotatable bonds is 4. The molecule has 8 rings (SSSR count). The standard InChI is InChI=1S/C55H62N2/c1-34(2)49-47(57-44-25-23-36(52(3,4)5)32-42(44)43-33-37(53(6,7)8)24-26-45(43)57)27-28-48-51(49)50-41(35-19-16-15-17-20-35)21-18-22-46(50)56(48)40-30-38(54(9,10)11)29-39(31-40)55(12,13)14/h15-34H,1-14H3. The summed E-state index contributed by atoms with van der Waals surface area (Å²) in [4.78, 5) is 0. The summed E-state index contributed by atoms with van der Waals surface area (Å²) in [6, 6.07) is 44.4. The van der Waals surface area contributed by atoms with Gasteiger partial charge in [0.1, 0.15) is 0 Å². The number of nitrogens with zero attached hydrogens (tertiary/aromatic N) is 2. The summed E-state index contributed by atoms with van der Waals surface area (Å²) in [7, 11) is 0. The van der Waals surface area contributed by atoms with Crippen molar-refractivity contribution in [1.82, 2.24) is 9.13 Å². The van der Waals surface area contributed by atoms with Crippen LogP contribution in [0, 0.1) is 0 Å². The fourth-order valence-electron chi connectivity index (χ4n) is 8.90. The van der Waals surface area contributed by atoms with E-state index in [0.29, 0.717) is 0 Å². The lowest BCUT2D eigenvalue weighted by molar-refractivity contribution is 0.568. The highest BCUT2D eigenvalue weighted by Gasteiger charge is 2.28. The van der Waals surface area contributed by atoms with E-state index in [1.165, 1.54) is 93.9 Å². The zero-order valence-corrected chi connectivity index (χ0v) is 36.9. The van der Waals surface area contributed by atoms with Gasteiger partial charge in [-0.05, 0) is 121 Å². The Kier molecular flexibility index (Phi) is 9.00. The average Bonchev–Trinajstić information content (AvgIpc) is 3.65. The molecule has 0 radical (unpaired) electrons. The second-order valence-corrected chi connectivity index (χ2v) is 21.0. The molecule has 6 aromatic carbocycles. The van der Waals surface area contributed by atoms with Crippen LogP contribution in [-0.4, -0.2) is 9.13 Å². The van der Waals surface area contributed by atoms with Gasteiger partial charge >= 0.3 is 0 Å². The first-order valence-corrected chi connectivity index (χ1v) is 21.1. The smallest absolute Gasteiger partial charge is 0.0547 e. The lowest BCUT2D eigenvalue weighted by Gasteiger charge is -2.27. The van der Waals surface area contributed by atoms with Crippen LogP contribution in [0.3, 0.4) is 0 Å². The molecule has 0 saturated heterocycles. The normalized spacial score (nSPS) is 13.2. The second-order valence-electron chi connectivity index (χ2n) is 21.0. The van der Waals surface area contributed by atoms with Crippen molar-refractivity contribution < 1.29 is 0 Å². The topological polar surface area (TPSA) is 9.86 Å². The van der Waals surface area contributed by atoms with Crippen molar-refractivity contribution in [2.24, 2.45) is 0 Å². The van der Waals surface area contributed by atoms with E-state index in [9.17, 15) is 0 Å². The van der Waals surface area contributed by atoms with Crippen LogP contribution >= 0.6 is 0 Å². The summed E-state index contributed by atoms with van der Waals surface area (Å²) < 4.78 is 5.14. The molecule has 0 amide bonds. The van der Waals surface area contributed by atoms with Crippen LogP contribution in [0.2, 0.25) is 0 Å². The summed E-state index contributed by atoms with van der Waals surface area (Å²) >= 11 is 0. The molecular weight excluding hydrogens is 689 g/mol. The first kappa shape index (κ1) is 38.8. The van der Waals surface area contributed by atoms with Gasteiger partial charge in [-0.2, -0.15) is 0 Å². The van der Waals surface area contributed by atoms with Gasteiger partial charge in [0.25, 0.3) is 0 Å². The van der Waals surface area contributed by atoms with Gasteiger partial charge < -0.3 is 9.13 Å². The van der Waals surface area contributed by atoms with Crippen molar-refractivity contribution in [2.75, 3.05) is 0 Å². The van der Waals surface area contributed by atoms with Gasteiger partial charge in [0, 0.05) is 27.2 Å². The van der Waals surface area contributed by atoms with E-state index < -0.39 is 0 Å². The minimum atomic E-state index is -0.00350. The quantitative estimate of drug-likeness (QED) is 0.170. The van der Waals surface area contributed by atoms with E-state index in [1.807, 2.05) is 0 Å². The van der Waals surface area contributed by atoms with Crippen LogP contribution in [-0.2, 0) is 21.7 Å². The minimum absolute atomic E-state index is 0.00350. The van der Waals surface area contributed by atoms with E-state index >= 15 is 0 Å². The summed E-state index contributed by atoms with van der Waals surface area (Å²) in [6.45, 7) is 32.7. The second kappa shape index (κ2) is 13.2. The van der Waals surface area contributed by atoms with E-state index in [0.717, 1.165) is 0 Å². The Bertz CT molecular complexity index is 2720. The van der Waals surface area contributed by atoms with Gasteiger partial charge in [-0.25, -0.2) is 0 Å². The average molecular weight is 751 g/mol. The van der Waals surface area contributed by atoms with Crippen LogP contribution < -0.4 is 0 Å². The van der Waals surface area contributed by atoms with Gasteiger partial charge in [-0.1, -0.05) is 158 Å². The molecule has 2 heteroatoms. The highest BCUT2D eigenvalue weighted by atomic mass is 15.0. The zero-order valence-electron chi connectivity index (χ0n) is 36.9. The van der Waals surface area contributed by atoms with Gasteiger partial charge in [-0.15, -0.1) is 0 Å². The Balaban J connectivity index is 1.56. The summed E-state index contributed by atoms with van der Waals surface area (Å²) in [5, 5.41) is 5.29. The maximum Gasteiger partial charge on any atom is 0.0547 e. The molecule has 2 aromatic heterocycles. The lowest BCUT2D eigenvalue weighted by Crippen LogP contribution is -2.17. The van der Waals surface area contributed by atoms with Crippen LogP contribution in [0.15, 0.2) is 115 Å². The van der Waals surface area contributed by atoms with Crippen molar-refractivity contribution in [2.45, 2.75) is 125 Å². The molecule has 0 spiro atoms. The largest absolute Gasteiger partial charge is 0.309 e. The first-order valence-electron chi connectivity index (χ1n) is 21.1. The fraction of sp³-hybridized carbons (Fsp3) is 0.345. The summed E-state index contributed by atoms with van der Waals surface area (Å²) in [5.41, 5.74) is 16.9. The van der Waals surface area contributed by atoms with Crippen molar-refractivity contribution in [3.63, 3.8) is 0 Å². The van der Waals surface area contributed by atoms with Gasteiger partial charge in [0.05, 0.1) is 27.8 Å². The Morgan fingerprint density at radius 3 is 1.39 bits per heavy atom. The molecule has 0 aliphatic rings. The third-order valence-electron chi connectivity index (χ3n) is 12.3. The first-order chi connectivity index (χ1) is 26.6. The van der Waals surface area contributed by atoms with E-state index in [4.69, 9.17) is 0 Å². The molecule has 0 atom stereocenters. The molecule has 0 unspecified atom stereocenters. The molecule has 0 N–H and O–H groups in total. The number of hydrogen-bond acceptors (Lipinski definition) is 0. The molecule has 292 valence electrons. The van der Waals surface area contributed by atoms with Crippen LogP contribution in [0.5, 0.6) is 0 Å². The zero-order chi connectivity index (χ0) is 41.0. The van der Waals surface area contributed by atoms with Crippen LogP contribution in [0.1, 0.15) is 131 Å². The summed E-state index contributed by atoms with van der Waals surface area (Å²) in [6.07, 6.45) is 0. The van der Waals surface area contributed by atoms with Crippen molar-refractivity contribution in [3.8, 4) is 22.5 Å². The summed E-state index contributed by atoms with van der Waals surface area (Å²) in [5.74, 6) is 0.243. The number of benzene rings is 6. The monoisotopic (exact) mass is 750 g/mol. The van der Waals surface area contributed by atoms with Crippen molar-refractivity contribution in [1.29, 1.82) is 0 Å². The Morgan fingerprint density at radius 1 is 0.404 bits per heavy atom. The molecular formula is C55H62N2. The van der Waals surface area contributed by atoms with Crippen molar-refractivity contribution in [3.05, 3.63) is 143 Å². The molecule has 2 heterocycles. The number of hydrogen-bond donors (Lipinski definition) is 0. The Morgan fingerprint density at radius 2 is 0.895 bits per heavy atom. The highest BCUT2D eigenvalue weighted by molar-refractivity contribution is 6.18. The number of fused-ring (bicyclic) bond motifs is 6. The maximum atomic E-state index is 2.57. The minimum Gasteiger partial charge on any atom is -0.309 e. The molecule has 0 aliphatic heterocycles. The third-order valence-corrected chi connectivity index (χ3v) is 12.3. The molecule has 8 aromatic rings. The lowest BCUT2D eigenvalue weighted by atomic mass is 9.80. The number of aromatic nitrogens is 2. The molecule has 0 fully saturated rings. The molecule has 0 bridgehead atoms. The third kappa shape index (κ3) is 6.60. The van der Waals surface area contributed by atoms with Crippen molar-refractivity contribution >= 4 is 43.6 Å². The predicted molar refractivity (Wildman–Crippen MR) is 249 cm³/mol. The predicted octanol–water partition coefficient (Wildman–Crippen LogP) is 15.9. The SMILES string of the molecule is CC(C)c1c(-n2c3ccc(C(C)(C)C)cc3c3cc(C(C)(C)C)ccc32)ccc2c1c1c(-c3ccccc3)cccc1n2-c1cc(C(C)(C)C)cc(C(C)(C)C)c1. The Labute approximate surface area is 341 Å². The van der Waals surface area contributed by atoms with E-state index in [-0.39, 0.29) is 27.6 Å². The molecule has 57 heavy (non-hydrogen) atoms.